The normalized spacial score (nSPS) is 16.4. The standard InChI is InChI=1S/C21H27N3O4/c1-3-28-20(26)9-5-15-4-6-17(18(25)14-24-12-10-22-11-13-24)21-16(15)7-8-19(23-21)27-2/h4-9,18,22,25H,3,10-14H2,1-2H3/b9-5+. The maximum absolute atomic E-state index is 11.7. The molecule has 1 aromatic heterocycles. The molecule has 0 spiro atoms. The molecule has 150 valence electrons. The van der Waals surface area contributed by atoms with E-state index in [1.807, 2.05) is 18.2 Å². The van der Waals surface area contributed by atoms with Crippen LogP contribution in [0.25, 0.3) is 17.0 Å². The van der Waals surface area contributed by atoms with E-state index in [0.717, 1.165) is 42.7 Å². The van der Waals surface area contributed by atoms with E-state index in [1.54, 1.807) is 26.2 Å². The first-order valence-corrected chi connectivity index (χ1v) is 9.56. The molecule has 28 heavy (non-hydrogen) atoms. The number of piperazine rings is 1. The molecule has 7 heteroatoms. The number of nitrogens with one attached hydrogen (secondary N) is 1. The number of rotatable bonds is 7. The van der Waals surface area contributed by atoms with Gasteiger partial charge < -0.3 is 19.9 Å². The first-order chi connectivity index (χ1) is 13.6. The van der Waals surface area contributed by atoms with E-state index < -0.39 is 6.10 Å². The molecular formula is C21H27N3O4. The summed E-state index contributed by atoms with van der Waals surface area (Å²) in [6, 6.07) is 7.43. The number of methoxy groups -OCH3 is 1. The fourth-order valence-corrected chi connectivity index (χ4v) is 3.36. The molecule has 3 rings (SSSR count). The van der Waals surface area contributed by atoms with Crippen molar-refractivity contribution in [1.82, 2.24) is 15.2 Å². The summed E-state index contributed by atoms with van der Waals surface area (Å²) in [6.07, 6.45) is 2.45. The Balaban J connectivity index is 1.93. The Hall–Kier alpha value is -2.48. The number of hydrogen-bond acceptors (Lipinski definition) is 7. The second-order valence-electron chi connectivity index (χ2n) is 6.65. The van der Waals surface area contributed by atoms with Gasteiger partial charge in [0.15, 0.2) is 0 Å². The molecule has 0 radical (unpaired) electrons. The Labute approximate surface area is 165 Å². The number of carbonyl (C=O) groups excluding carboxylic acids is 1. The highest BCUT2D eigenvalue weighted by Crippen LogP contribution is 2.29. The molecule has 1 saturated heterocycles. The van der Waals surface area contributed by atoms with Gasteiger partial charge in [-0.2, -0.15) is 0 Å². The molecule has 1 aliphatic heterocycles. The van der Waals surface area contributed by atoms with E-state index >= 15 is 0 Å². The summed E-state index contributed by atoms with van der Waals surface area (Å²) >= 11 is 0. The monoisotopic (exact) mass is 385 g/mol. The number of β-amino-alcohol motifs (C(OH)–C–C–N with tert-alkyl or cyclic N) is 1. The molecule has 1 atom stereocenters. The molecule has 1 aliphatic rings. The van der Waals surface area contributed by atoms with Crippen molar-refractivity contribution in [2.75, 3.05) is 46.4 Å². The molecule has 0 bridgehead atoms. The van der Waals surface area contributed by atoms with Gasteiger partial charge in [0, 0.05) is 55.8 Å². The molecule has 2 aromatic rings. The topological polar surface area (TPSA) is 83.9 Å². The Bertz CT molecular complexity index is 847. The van der Waals surface area contributed by atoms with Crippen molar-refractivity contribution in [1.29, 1.82) is 0 Å². The quantitative estimate of drug-likeness (QED) is 0.555. The van der Waals surface area contributed by atoms with Crippen LogP contribution in [-0.2, 0) is 9.53 Å². The lowest BCUT2D eigenvalue weighted by Gasteiger charge is -2.29. The van der Waals surface area contributed by atoms with E-state index in [0.29, 0.717) is 24.5 Å². The lowest BCUT2D eigenvalue weighted by atomic mass is 9.99. The minimum absolute atomic E-state index is 0.333. The predicted molar refractivity (Wildman–Crippen MR) is 108 cm³/mol. The summed E-state index contributed by atoms with van der Waals surface area (Å²) in [6.45, 7) is 6.33. The van der Waals surface area contributed by atoms with E-state index in [1.165, 1.54) is 6.08 Å². The molecule has 1 aromatic carbocycles. The van der Waals surface area contributed by atoms with Gasteiger partial charge >= 0.3 is 5.97 Å². The highest BCUT2D eigenvalue weighted by molar-refractivity contribution is 5.95. The van der Waals surface area contributed by atoms with Crippen LogP contribution in [0.2, 0.25) is 0 Å². The molecule has 1 fully saturated rings. The molecule has 0 aliphatic carbocycles. The Kier molecular flexibility index (Phi) is 6.97. The number of fused-ring (bicyclic) bond motifs is 1. The van der Waals surface area contributed by atoms with Crippen LogP contribution in [0.3, 0.4) is 0 Å². The average Bonchev–Trinajstić information content (AvgIpc) is 2.72. The first-order valence-electron chi connectivity index (χ1n) is 9.56. The number of nitrogens with zero attached hydrogens (tertiary/aromatic N) is 2. The van der Waals surface area contributed by atoms with Gasteiger partial charge in [0.2, 0.25) is 5.88 Å². The fraction of sp³-hybridized carbons (Fsp3) is 0.429. The van der Waals surface area contributed by atoms with Crippen molar-refractivity contribution >= 4 is 22.9 Å². The van der Waals surface area contributed by atoms with Crippen LogP contribution in [-0.4, -0.2) is 67.4 Å². The summed E-state index contributed by atoms with van der Waals surface area (Å²) < 4.78 is 10.2. The highest BCUT2D eigenvalue weighted by Gasteiger charge is 2.19. The lowest BCUT2D eigenvalue weighted by molar-refractivity contribution is -0.137. The summed E-state index contributed by atoms with van der Waals surface area (Å²) in [5.74, 6) is 0.0922. The zero-order chi connectivity index (χ0) is 19.9. The molecule has 0 saturated carbocycles. The number of pyridine rings is 1. The van der Waals surface area contributed by atoms with Gasteiger partial charge in [-0.1, -0.05) is 12.1 Å². The number of esters is 1. The number of ether oxygens (including phenoxy) is 2. The lowest BCUT2D eigenvalue weighted by Crippen LogP contribution is -2.45. The van der Waals surface area contributed by atoms with Crippen LogP contribution in [0.1, 0.15) is 24.2 Å². The smallest absolute Gasteiger partial charge is 0.330 e. The van der Waals surface area contributed by atoms with Gasteiger partial charge in [-0.25, -0.2) is 9.78 Å². The van der Waals surface area contributed by atoms with Gasteiger partial charge in [0.25, 0.3) is 0 Å². The van der Waals surface area contributed by atoms with Crippen molar-refractivity contribution in [3.63, 3.8) is 0 Å². The van der Waals surface area contributed by atoms with E-state index in [2.05, 4.69) is 15.2 Å². The van der Waals surface area contributed by atoms with Crippen molar-refractivity contribution in [3.05, 3.63) is 41.5 Å². The van der Waals surface area contributed by atoms with Crippen LogP contribution in [0, 0.1) is 0 Å². The Morgan fingerprint density at radius 2 is 2.11 bits per heavy atom. The third-order valence-electron chi connectivity index (χ3n) is 4.79. The van der Waals surface area contributed by atoms with Crippen molar-refractivity contribution < 1.29 is 19.4 Å². The zero-order valence-electron chi connectivity index (χ0n) is 16.4. The van der Waals surface area contributed by atoms with Crippen LogP contribution in [0.15, 0.2) is 30.3 Å². The zero-order valence-corrected chi connectivity index (χ0v) is 16.4. The van der Waals surface area contributed by atoms with Gasteiger partial charge in [0.1, 0.15) is 0 Å². The number of carbonyl (C=O) groups is 1. The van der Waals surface area contributed by atoms with Gasteiger partial charge in [-0.15, -0.1) is 0 Å². The van der Waals surface area contributed by atoms with Crippen LogP contribution in [0.4, 0.5) is 0 Å². The second-order valence-corrected chi connectivity index (χ2v) is 6.65. The second kappa shape index (κ2) is 9.64. The third kappa shape index (κ3) is 4.86. The third-order valence-corrected chi connectivity index (χ3v) is 4.79. The van der Waals surface area contributed by atoms with Crippen LogP contribution >= 0.6 is 0 Å². The van der Waals surface area contributed by atoms with Gasteiger partial charge in [0.05, 0.1) is 25.3 Å². The van der Waals surface area contributed by atoms with Gasteiger partial charge in [-0.3, -0.25) is 4.90 Å². The molecule has 2 heterocycles. The predicted octanol–water partition coefficient (Wildman–Crippen LogP) is 1.76. The minimum Gasteiger partial charge on any atom is -0.481 e. The summed E-state index contributed by atoms with van der Waals surface area (Å²) in [5.41, 5.74) is 2.25. The summed E-state index contributed by atoms with van der Waals surface area (Å²) in [4.78, 5) is 18.5. The fourth-order valence-electron chi connectivity index (χ4n) is 3.36. The van der Waals surface area contributed by atoms with E-state index in [-0.39, 0.29) is 5.97 Å². The Morgan fingerprint density at radius 1 is 1.32 bits per heavy atom. The summed E-state index contributed by atoms with van der Waals surface area (Å²) in [5, 5.41) is 15.0. The molecule has 1 unspecified atom stereocenters. The largest absolute Gasteiger partial charge is 0.481 e. The van der Waals surface area contributed by atoms with Crippen LogP contribution in [0.5, 0.6) is 5.88 Å². The number of benzene rings is 1. The maximum atomic E-state index is 11.7. The van der Waals surface area contributed by atoms with Gasteiger partial charge in [-0.05, 0) is 24.6 Å². The molecule has 0 amide bonds. The average molecular weight is 385 g/mol. The highest BCUT2D eigenvalue weighted by atomic mass is 16.5. The van der Waals surface area contributed by atoms with Crippen molar-refractivity contribution in [2.24, 2.45) is 0 Å². The molecule has 7 nitrogen and oxygen atoms in total. The minimum atomic E-state index is -0.664. The SMILES string of the molecule is CCOC(=O)/C=C/c1ccc(C(O)CN2CCNCC2)c2nc(OC)ccc12. The number of aliphatic hydroxyl groups is 1. The number of aromatic nitrogens is 1. The number of aliphatic hydroxyl groups excluding tert-OH is 1. The van der Waals surface area contributed by atoms with Crippen LogP contribution < -0.4 is 10.1 Å². The molecule has 2 N–H and O–H groups in total. The number of hydrogen-bond donors (Lipinski definition) is 2. The molecular weight excluding hydrogens is 358 g/mol. The summed E-state index contributed by atoms with van der Waals surface area (Å²) in [7, 11) is 1.56. The Morgan fingerprint density at radius 3 is 2.82 bits per heavy atom. The maximum Gasteiger partial charge on any atom is 0.330 e. The first kappa shape index (κ1) is 20.3. The van der Waals surface area contributed by atoms with Crippen molar-refractivity contribution in [2.45, 2.75) is 13.0 Å². The van der Waals surface area contributed by atoms with E-state index in [9.17, 15) is 9.90 Å². The van der Waals surface area contributed by atoms with Crippen molar-refractivity contribution in [3.8, 4) is 5.88 Å². The van der Waals surface area contributed by atoms with E-state index in [4.69, 9.17) is 9.47 Å².